The van der Waals surface area contributed by atoms with Gasteiger partial charge in [0.15, 0.2) is 33.8 Å². The van der Waals surface area contributed by atoms with E-state index in [4.69, 9.17) is 9.16 Å². The third-order valence-electron chi connectivity index (χ3n) is 5.43. The minimum absolute atomic E-state index is 0. The Morgan fingerprint density at radius 3 is 2.62 bits per heavy atom. The summed E-state index contributed by atoms with van der Waals surface area (Å²) in [5.41, 5.74) is 3.58. The van der Waals surface area contributed by atoms with Gasteiger partial charge in [-0.3, -0.25) is 4.90 Å². The third-order valence-corrected chi connectivity index (χ3v) is 7.29. The molecular formula is C25H33ClN4O2SSi. The van der Waals surface area contributed by atoms with Crippen LogP contribution in [0.15, 0.2) is 65.0 Å². The van der Waals surface area contributed by atoms with E-state index in [0.29, 0.717) is 6.73 Å². The lowest BCUT2D eigenvalue weighted by atomic mass is 9.85. The van der Waals surface area contributed by atoms with E-state index in [-0.39, 0.29) is 23.9 Å². The fraction of sp³-hybridized carbons (Fsp3) is 0.400. The first kappa shape index (κ1) is 26.6. The van der Waals surface area contributed by atoms with Crippen molar-refractivity contribution in [1.29, 1.82) is 0 Å². The van der Waals surface area contributed by atoms with Crippen molar-refractivity contribution in [2.75, 3.05) is 18.7 Å². The van der Waals surface area contributed by atoms with Gasteiger partial charge in [0.25, 0.3) is 0 Å². The highest BCUT2D eigenvalue weighted by Crippen LogP contribution is 2.46. The molecular weight excluding hydrogens is 484 g/mol. The molecule has 1 atom stereocenters. The van der Waals surface area contributed by atoms with Crippen LogP contribution in [-0.2, 0) is 15.7 Å². The van der Waals surface area contributed by atoms with Crippen LogP contribution in [0.1, 0.15) is 38.0 Å². The first-order chi connectivity index (χ1) is 15.8. The first-order valence-electron chi connectivity index (χ1n) is 11.3. The van der Waals surface area contributed by atoms with Crippen molar-refractivity contribution in [2.45, 2.75) is 56.4 Å². The fourth-order valence-corrected chi connectivity index (χ4v) is 6.17. The number of anilines is 2. The van der Waals surface area contributed by atoms with Gasteiger partial charge in [0.2, 0.25) is 0 Å². The van der Waals surface area contributed by atoms with Crippen LogP contribution in [0.3, 0.4) is 0 Å². The molecule has 0 radical (unpaired) electrons. The molecule has 0 saturated heterocycles. The summed E-state index contributed by atoms with van der Waals surface area (Å²) in [4.78, 5) is 12.3. The number of ether oxygens (including phenoxy) is 1. The Morgan fingerprint density at radius 2 is 1.91 bits per heavy atom. The summed E-state index contributed by atoms with van der Waals surface area (Å²) in [6.07, 6.45) is 7.90. The predicted octanol–water partition coefficient (Wildman–Crippen LogP) is 2.11. The van der Waals surface area contributed by atoms with Crippen LogP contribution >= 0.6 is 11.8 Å². The maximum atomic E-state index is 6.44. The van der Waals surface area contributed by atoms with Crippen LogP contribution in [0.5, 0.6) is 0 Å². The lowest BCUT2D eigenvalue weighted by molar-refractivity contribution is -0.689. The molecule has 1 aliphatic heterocycles. The highest BCUT2D eigenvalue weighted by atomic mass is 35.5. The zero-order valence-corrected chi connectivity index (χ0v) is 23.4. The van der Waals surface area contributed by atoms with Gasteiger partial charge < -0.3 is 21.6 Å². The average Bonchev–Trinajstić information content (AvgIpc) is 2.77. The van der Waals surface area contributed by atoms with E-state index < -0.39 is 9.04 Å². The number of nitrogens with zero attached hydrogens (tertiary/aromatic N) is 4. The van der Waals surface area contributed by atoms with Gasteiger partial charge in [0.1, 0.15) is 11.8 Å². The highest BCUT2D eigenvalue weighted by Gasteiger charge is 2.30. The zero-order valence-electron chi connectivity index (χ0n) is 20.7. The van der Waals surface area contributed by atoms with Crippen molar-refractivity contribution in [3.8, 4) is 0 Å². The van der Waals surface area contributed by atoms with E-state index in [1.165, 1.54) is 11.1 Å². The topological polar surface area (TPSA) is 51.4 Å². The standard InChI is InChI=1S/C25H33N4O2SSi.ClH/c1-25(2,3)22(31-33(5)6)19-8-7-13-28(16-19)15-18-9-10-21-20(14-18)29(17-30-4)23-24(32-21)27-12-11-26-23;/h7-14,16,22,33H,15,17H2,1-6H3;1H/q+1;/p-1. The van der Waals surface area contributed by atoms with Crippen LogP contribution in [-0.4, -0.2) is 32.8 Å². The second kappa shape index (κ2) is 11.2. The summed E-state index contributed by atoms with van der Waals surface area (Å²) in [5, 5.41) is 0.902. The average molecular weight is 517 g/mol. The van der Waals surface area contributed by atoms with Gasteiger partial charge in [-0.1, -0.05) is 38.6 Å². The number of hydrogen-bond acceptors (Lipinski definition) is 6. The molecule has 0 aliphatic carbocycles. The largest absolute Gasteiger partial charge is 1.00 e. The molecule has 0 fully saturated rings. The van der Waals surface area contributed by atoms with Gasteiger partial charge in [-0.05, 0) is 36.7 Å². The summed E-state index contributed by atoms with van der Waals surface area (Å²) in [6, 6.07) is 10.9. The second-order valence-corrected chi connectivity index (χ2v) is 13.1. The minimum atomic E-state index is -1.18. The Labute approximate surface area is 214 Å². The summed E-state index contributed by atoms with van der Waals surface area (Å²) < 4.78 is 14.2. The van der Waals surface area contributed by atoms with Gasteiger partial charge >= 0.3 is 0 Å². The lowest BCUT2D eigenvalue weighted by Crippen LogP contribution is -3.00. The Hall–Kier alpha value is -1.97. The quantitative estimate of drug-likeness (QED) is 0.354. The molecule has 0 saturated carbocycles. The maximum Gasteiger partial charge on any atom is 0.174 e. The number of hydrogen-bond donors (Lipinski definition) is 0. The van der Waals surface area contributed by atoms with Crippen molar-refractivity contribution >= 4 is 32.3 Å². The van der Waals surface area contributed by atoms with Gasteiger partial charge in [-0.2, -0.15) is 0 Å². The SMILES string of the molecule is COCN1c2cc(C[n+]3cccc(C(O[SiH](C)C)C(C)(C)C)c3)ccc2Sc2nccnc21.[Cl-]. The van der Waals surface area contributed by atoms with E-state index in [2.05, 4.69) is 96.0 Å². The molecule has 3 heterocycles. The fourth-order valence-electron chi connectivity index (χ4n) is 4.07. The summed E-state index contributed by atoms with van der Waals surface area (Å²) in [6.45, 7) is 12.4. The summed E-state index contributed by atoms with van der Waals surface area (Å²) in [5.74, 6) is 0.840. The molecule has 9 heteroatoms. The zero-order chi connectivity index (χ0) is 23.6. The molecule has 6 nitrogen and oxygen atoms in total. The molecule has 1 aromatic carbocycles. The number of fused-ring (bicyclic) bond motifs is 2. The predicted molar refractivity (Wildman–Crippen MR) is 135 cm³/mol. The molecule has 34 heavy (non-hydrogen) atoms. The maximum absolute atomic E-state index is 6.44. The van der Waals surface area contributed by atoms with Crippen LogP contribution in [0.4, 0.5) is 11.5 Å². The van der Waals surface area contributed by atoms with E-state index in [1.54, 1.807) is 31.3 Å². The van der Waals surface area contributed by atoms with Crippen LogP contribution < -0.4 is 21.9 Å². The molecule has 1 unspecified atom stereocenters. The first-order valence-corrected chi connectivity index (χ1v) is 14.9. The number of rotatable bonds is 7. The smallest absolute Gasteiger partial charge is 0.174 e. The number of aromatic nitrogens is 3. The molecule has 182 valence electrons. The molecule has 0 amide bonds. The van der Waals surface area contributed by atoms with Crippen molar-refractivity contribution < 1.29 is 26.1 Å². The van der Waals surface area contributed by atoms with Crippen LogP contribution in [0.2, 0.25) is 13.1 Å². The van der Waals surface area contributed by atoms with E-state index in [9.17, 15) is 0 Å². The van der Waals surface area contributed by atoms with E-state index in [0.717, 1.165) is 28.0 Å². The van der Waals surface area contributed by atoms with Crippen molar-refractivity contribution in [2.24, 2.45) is 5.41 Å². The van der Waals surface area contributed by atoms with Gasteiger partial charge in [-0.15, -0.1) is 0 Å². The van der Waals surface area contributed by atoms with Gasteiger partial charge in [-0.25, -0.2) is 14.5 Å². The summed E-state index contributed by atoms with van der Waals surface area (Å²) >= 11 is 1.65. The molecule has 1 aliphatic rings. The second-order valence-electron chi connectivity index (χ2n) is 9.68. The monoisotopic (exact) mass is 516 g/mol. The molecule has 0 N–H and O–H groups in total. The molecule has 0 bridgehead atoms. The Kier molecular flexibility index (Phi) is 8.75. The van der Waals surface area contributed by atoms with Crippen LogP contribution in [0, 0.1) is 5.41 Å². The van der Waals surface area contributed by atoms with Crippen molar-refractivity contribution in [3.63, 3.8) is 0 Å². The molecule has 0 spiro atoms. The lowest BCUT2D eigenvalue weighted by Gasteiger charge is -2.32. The van der Waals surface area contributed by atoms with Crippen molar-refractivity contribution in [3.05, 3.63) is 66.2 Å². The molecule has 3 aromatic rings. The molecule has 2 aromatic heterocycles. The minimum Gasteiger partial charge on any atom is -1.00 e. The third kappa shape index (κ3) is 5.98. The highest BCUT2D eigenvalue weighted by molar-refractivity contribution is 7.99. The summed E-state index contributed by atoms with van der Waals surface area (Å²) in [7, 11) is 0.527. The normalized spacial score (nSPS) is 13.8. The van der Waals surface area contributed by atoms with Gasteiger partial charge in [0.05, 0.1) is 11.8 Å². The van der Waals surface area contributed by atoms with Crippen molar-refractivity contribution in [1.82, 2.24) is 9.97 Å². The van der Waals surface area contributed by atoms with Gasteiger partial charge in [0, 0.05) is 41.6 Å². The van der Waals surface area contributed by atoms with E-state index >= 15 is 0 Å². The number of benzene rings is 1. The van der Waals surface area contributed by atoms with E-state index in [1.807, 2.05) is 0 Å². The van der Waals surface area contributed by atoms with Crippen LogP contribution in [0.25, 0.3) is 0 Å². The Balaban J connectivity index is 0.00000324. The molecule has 4 rings (SSSR count). The Morgan fingerprint density at radius 1 is 1.15 bits per heavy atom. The number of halogens is 1. The number of methoxy groups -OCH3 is 1. The Bertz CT molecular complexity index is 1130. The number of pyridine rings is 1.